The Morgan fingerprint density at radius 3 is 2.30 bits per heavy atom. The summed E-state index contributed by atoms with van der Waals surface area (Å²) in [6.07, 6.45) is 0. The fourth-order valence-electron chi connectivity index (χ4n) is 2.37. The van der Waals surface area contributed by atoms with E-state index >= 15 is 0 Å². The molecule has 0 bridgehead atoms. The molecule has 3 nitrogen and oxygen atoms in total. The third kappa shape index (κ3) is 3.18. The molecule has 0 fully saturated rings. The Morgan fingerprint density at radius 2 is 1.70 bits per heavy atom. The van der Waals surface area contributed by atoms with Gasteiger partial charge < -0.3 is 10.4 Å². The standard InChI is InChI=1S/C17H19NO2/c1-11-8-12(2)10-14(9-11)13(3)18-16-7-5-4-6-15(16)17(19)20/h4-10,13,18H,1-3H3,(H,19,20). The molecule has 1 atom stereocenters. The molecule has 2 N–H and O–H groups in total. The van der Waals surface area contributed by atoms with Crippen LogP contribution in [0.5, 0.6) is 0 Å². The highest BCUT2D eigenvalue weighted by Crippen LogP contribution is 2.24. The first kappa shape index (κ1) is 14.1. The lowest BCUT2D eigenvalue weighted by atomic mass is 10.0. The molecule has 0 spiro atoms. The van der Waals surface area contributed by atoms with Gasteiger partial charge in [0.1, 0.15) is 0 Å². The number of benzene rings is 2. The van der Waals surface area contributed by atoms with Gasteiger partial charge in [0, 0.05) is 11.7 Å². The Labute approximate surface area is 119 Å². The summed E-state index contributed by atoms with van der Waals surface area (Å²) in [6, 6.07) is 13.4. The molecular weight excluding hydrogens is 250 g/mol. The minimum absolute atomic E-state index is 0.0501. The van der Waals surface area contributed by atoms with E-state index in [9.17, 15) is 9.90 Å². The van der Waals surface area contributed by atoms with Gasteiger partial charge in [-0.1, -0.05) is 41.5 Å². The second-order valence-electron chi connectivity index (χ2n) is 5.14. The van der Waals surface area contributed by atoms with Crippen molar-refractivity contribution in [3.05, 3.63) is 64.7 Å². The third-order valence-electron chi connectivity index (χ3n) is 3.27. The van der Waals surface area contributed by atoms with Crippen molar-refractivity contribution in [1.29, 1.82) is 0 Å². The van der Waals surface area contributed by atoms with Crippen LogP contribution in [0.15, 0.2) is 42.5 Å². The lowest BCUT2D eigenvalue weighted by Gasteiger charge is -2.18. The van der Waals surface area contributed by atoms with Crippen molar-refractivity contribution in [2.45, 2.75) is 26.8 Å². The van der Waals surface area contributed by atoms with Crippen LogP contribution >= 0.6 is 0 Å². The van der Waals surface area contributed by atoms with Gasteiger partial charge in [0.2, 0.25) is 0 Å². The molecule has 0 radical (unpaired) electrons. The maximum atomic E-state index is 11.2. The number of hydrogen-bond acceptors (Lipinski definition) is 2. The molecule has 2 aromatic rings. The van der Waals surface area contributed by atoms with Crippen LogP contribution in [0.3, 0.4) is 0 Å². The normalized spacial score (nSPS) is 11.9. The second kappa shape index (κ2) is 5.78. The van der Waals surface area contributed by atoms with Gasteiger partial charge in [-0.15, -0.1) is 0 Å². The van der Waals surface area contributed by atoms with Crippen LogP contribution in [-0.2, 0) is 0 Å². The number of hydrogen-bond donors (Lipinski definition) is 2. The van der Waals surface area contributed by atoms with Gasteiger partial charge in [0.25, 0.3) is 0 Å². The van der Waals surface area contributed by atoms with Gasteiger partial charge in [-0.05, 0) is 38.5 Å². The zero-order chi connectivity index (χ0) is 14.7. The Bertz CT molecular complexity index is 614. The first-order valence-electron chi connectivity index (χ1n) is 6.64. The molecule has 0 amide bonds. The Balaban J connectivity index is 2.28. The highest BCUT2D eigenvalue weighted by molar-refractivity contribution is 5.94. The van der Waals surface area contributed by atoms with Gasteiger partial charge in [0.05, 0.1) is 5.56 Å². The third-order valence-corrected chi connectivity index (χ3v) is 3.27. The SMILES string of the molecule is Cc1cc(C)cc(C(C)Nc2ccccc2C(=O)O)c1. The second-order valence-corrected chi connectivity index (χ2v) is 5.14. The van der Waals surface area contributed by atoms with E-state index in [1.807, 2.05) is 13.0 Å². The number of anilines is 1. The van der Waals surface area contributed by atoms with Crippen LogP contribution in [0.1, 0.15) is 40.0 Å². The van der Waals surface area contributed by atoms with E-state index in [0.29, 0.717) is 11.3 Å². The largest absolute Gasteiger partial charge is 0.478 e. The quantitative estimate of drug-likeness (QED) is 0.875. The summed E-state index contributed by atoms with van der Waals surface area (Å²) in [7, 11) is 0. The summed E-state index contributed by atoms with van der Waals surface area (Å²) in [5, 5.41) is 12.5. The van der Waals surface area contributed by atoms with Crippen molar-refractivity contribution >= 4 is 11.7 Å². The van der Waals surface area contributed by atoms with E-state index in [1.54, 1.807) is 18.2 Å². The zero-order valence-electron chi connectivity index (χ0n) is 12.0. The Hall–Kier alpha value is -2.29. The van der Waals surface area contributed by atoms with Crippen molar-refractivity contribution < 1.29 is 9.90 Å². The summed E-state index contributed by atoms with van der Waals surface area (Å²) in [5.41, 5.74) is 4.51. The van der Waals surface area contributed by atoms with Crippen LogP contribution in [0, 0.1) is 13.8 Å². The minimum atomic E-state index is -0.916. The molecule has 104 valence electrons. The number of aryl methyl sites for hydroxylation is 2. The number of rotatable bonds is 4. The van der Waals surface area contributed by atoms with Crippen LogP contribution in [0.2, 0.25) is 0 Å². The smallest absolute Gasteiger partial charge is 0.337 e. The summed E-state index contributed by atoms with van der Waals surface area (Å²) in [5.74, 6) is -0.916. The molecule has 0 aromatic heterocycles. The molecule has 20 heavy (non-hydrogen) atoms. The predicted molar refractivity (Wildman–Crippen MR) is 81.4 cm³/mol. The maximum absolute atomic E-state index is 11.2. The number of carbonyl (C=O) groups is 1. The summed E-state index contributed by atoms with van der Waals surface area (Å²) < 4.78 is 0. The molecule has 0 aliphatic heterocycles. The molecule has 2 rings (SSSR count). The predicted octanol–water partition coefficient (Wildman–Crippen LogP) is 4.17. The number of carboxylic acids is 1. The van der Waals surface area contributed by atoms with Crippen molar-refractivity contribution in [3.63, 3.8) is 0 Å². The molecule has 3 heteroatoms. The average molecular weight is 269 g/mol. The fourth-order valence-corrected chi connectivity index (χ4v) is 2.37. The Kier molecular flexibility index (Phi) is 4.08. The topological polar surface area (TPSA) is 49.3 Å². The first-order chi connectivity index (χ1) is 9.47. The van der Waals surface area contributed by atoms with Gasteiger partial charge >= 0.3 is 5.97 Å². The number of aromatic carboxylic acids is 1. The molecule has 0 saturated heterocycles. The lowest BCUT2D eigenvalue weighted by Crippen LogP contribution is -2.11. The van der Waals surface area contributed by atoms with Crippen LogP contribution < -0.4 is 5.32 Å². The molecule has 1 unspecified atom stereocenters. The van der Waals surface area contributed by atoms with E-state index in [0.717, 1.165) is 5.56 Å². The van der Waals surface area contributed by atoms with Crippen LogP contribution in [0.25, 0.3) is 0 Å². The van der Waals surface area contributed by atoms with Gasteiger partial charge in [-0.2, -0.15) is 0 Å². The molecule has 0 aliphatic rings. The van der Waals surface area contributed by atoms with Crippen LogP contribution in [-0.4, -0.2) is 11.1 Å². The average Bonchev–Trinajstić information content (AvgIpc) is 2.37. The highest BCUT2D eigenvalue weighted by Gasteiger charge is 2.12. The van der Waals surface area contributed by atoms with Crippen molar-refractivity contribution in [1.82, 2.24) is 0 Å². The van der Waals surface area contributed by atoms with Crippen molar-refractivity contribution in [2.24, 2.45) is 0 Å². The molecule has 0 heterocycles. The van der Waals surface area contributed by atoms with E-state index in [2.05, 4.69) is 37.4 Å². The van der Waals surface area contributed by atoms with Crippen molar-refractivity contribution in [3.8, 4) is 0 Å². The molecule has 2 aromatic carbocycles. The fraction of sp³-hybridized carbons (Fsp3) is 0.235. The summed E-state index contributed by atoms with van der Waals surface area (Å²) >= 11 is 0. The maximum Gasteiger partial charge on any atom is 0.337 e. The molecule has 0 aliphatic carbocycles. The minimum Gasteiger partial charge on any atom is -0.478 e. The zero-order valence-corrected chi connectivity index (χ0v) is 12.0. The van der Waals surface area contributed by atoms with Gasteiger partial charge in [-0.25, -0.2) is 4.79 Å². The summed E-state index contributed by atoms with van der Waals surface area (Å²) in [4.78, 5) is 11.2. The molecule has 0 saturated carbocycles. The van der Waals surface area contributed by atoms with Gasteiger partial charge in [-0.3, -0.25) is 0 Å². The lowest BCUT2D eigenvalue weighted by molar-refractivity contribution is 0.0698. The van der Waals surface area contributed by atoms with E-state index < -0.39 is 5.97 Å². The summed E-state index contributed by atoms with van der Waals surface area (Å²) in [6.45, 7) is 6.16. The van der Waals surface area contributed by atoms with Crippen LogP contribution in [0.4, 0.5) is 5.69 Å². The molecular formula is C17H19NO2. The van der Waals surface area contributed by atoms with E-state index in [1.165, 1.54) is 11.1 Å². The Morgan fingerprint density at radius 1 is 1.10 bits per heavy atom. The highest BCUT2D eigenvalue weighted by atomic mass is 16.4. The number of carboxylic acid groups (broad SMARTS) is 1. The first-order valence-corrected chi connectivity index (χ1v) is 6.64. The van der Waals surface area contributed by atoms with E-state index in [-0.39, 0.29) is 6.04 Å². The number of para-hydroxylation sites is 1. The van der Waals surface area contributed by atoms with Gasteiger partial charge in [0.15, 0.2) is 0 Å². The van der Waals surface area contributed by atoms with E-state index in [4.69, 9.17) is 0 Å². The van der Waals surface area contributed by atoms with Crippen molar-refractivity contribution in [2.75, 3.05) is 5.32 Å². The number of nitrogens with one attached hydrogen (secondary N) is 1. The monoisotopic (exact) mass is 269 g/mol.